The van der Waals surface area contributed by atoms with E-state index in [-0.39, 0.29) is 0 Å². The Morgan fingerprint density at radius 2 is 2.07 bits per heavy atom. The summed E-state index contributed by atoms with van der Waals surface area (Å²) in [5, 5.41) is 1.08. The SMILES string of the molecule is CCC(CC)CSc1ccc(N)cn1. The molecule has 1 aromatic heterocycles. The van der Waals surface area contributed by atoms with Gasteiger partial charge in [-0.3, -0.25) is 0 Å². The average molecular weight is 210 g/mol. The summed E-state index contributed by atoms with van der Waals surface area (Å²) in [7, 11) is 0. The molecule has 0 radical (unpaired) electrons. The molecule has 0 unspecified atom stereocenters. The van der Waals surface area contributed by atoms with Crippen LogP contribution in [0, 0.1) is 5.92 Å². The molecule has 78 valence electrons. The topological polar surface area (TPSA) is 38.9 Å². The molecule has 0 aliphatic heterocycles. The zero-order chi connectivity index (χ0) is 10.4. The minimum absolute atomic E-state index is 0.733. The van der Waals surface area contributed by atoms with Crippen molar-refractivity contribution in [2.24, 2.45) is 5.92 Å². The lowest BCUT2D eigenvalue weighted by Gasteiger charge is -2.10. The molecule has 0 aliphatic rings. The molecule has 0 atom stereocenters. The number of pyridine rings is 1. The molecule has 0 amide bonds. The van der Waals surface area contributed by atoms with Crippen molar-refractivity contribution in [1.29, 1.82) is 0 Å². The summed E-state index contributed by atoms with van der Waals surface area (Å²) in [4.78, 5) is 4.26. The molecule has 14 heavy (non-hydrogen) atoms. The summed E-state index contributed by atoms with van der Waals surface area (Å²) < 4.78 is 0. The molecular formula is C11H18N2S. The molecule has 0 aliphatic carbocycles. The Labute approximate surface area is 90.3 Å². The molecule has 1 aromatic rings. The van der Waals surface area contributed by atoms with E-state index in [2.05, 4.69) is 18.8 Å². The number of thioether (sulfide) groups is 1. The van der Waals surface area contributed by atoms with Gasteiger partial charge in [-0.2, -0.15) is 0 Å². The number of rotatable bonds is 5. The van der Waals surface area contributed by atoms with Crippen molar-refractivity contribution in [3.63, 3.8) is 0 Å². The van der Waals surface area contributed by atoms with E-state index in [1.807, 2.05) is 23.9 Å². The fourth-order valence-corrected chi connectivity index (χ4v) is 2.37. The van der Waals surface area contributed by atoms with Crippen LogP contribution >= 0.6 is 11.8 Å². The number of nitrogens with two attached hydrogens (primary N) is 1. The summed E-state index contributed by atoms with van der Waals surface area (Å²) in [5.41, 5.74) is 6.30. The van der Waals surface area contributed by atoms with E-state index >= 15 is 0 Å². The fraction of sp³-hybridized carbons (Fsp3) is 0.545. The third-order valence-corrected chi connectivity index (χ3v) is 3.56. The Bertz CT molecular complexity index is 254. The van der Waals surface area contributed by atoms with Crippen LogP contribution in [0.1, 0.15) is 26.7 Å². The van der Waals surface area contributed by atoms with E-state index < -0.39 is 0 Å². The van der Waals surface area contributed by atoms with Gasteiger partial charge in [0, 0.05) is 5.75 Å². The Morgan fingerprint density at radius 3 is 2.57 bits per heavy atom. The van der Waals surface area contributed by atoms with Crippen molar-refractivity contribution in [1.82, 2.24) is 4.98 Å². The first-order chi connectivity index (χ1) is 6.76. The second kappa shape index (κ2) is 5.91. The lowest BCUT2D eigenvalue weighted by Crippen LogP contribution is -2.00. The van der Waals surface area contributed by atoms with Crippen LogP contribution in [0.4, 0.5) is 5.69 Å². The predicted molar refractivity (Wildman–Crippen MR) is 63.4 cm³/mol. The van der Waals surface area contributed by atoms with Crippen LogP contribution in [0.15, 0.2) is 23.4 Å². The zero-order valence-corrected chi connectivity index (χ0v) is 9.68. The maximum atomic E-state index is 5.56. The third-order valence-electron chi connectivity index (χ3n) is 2.38. The first-order valence-electron chi connectivity index (χ1n) is 5.10. The van der Waals surface area contributed by atoms with Crippen LogP contribution < -0.4 is 5.73 Å². The van der Waals surface area contributed by atoms with Crippen LogP contribution in [0.5, 0.6) is 0 Å². The molecule has 0 saturated carbocycles. The summed E-state index contributed by atoms with van der Waals surface area (Å²) >= 11 is 1.82. The van der Waals surface area contributed by atoms with E-state index in [4.69, 9.17) is 5.73 Å². The van der Waals surface area contributed by atoms with Crippen LogP contribution in [-0.2, 0) is 0 Å². The number of nitrogens with zero attached hydrogens (tertiary/aromatic N) is 1. The maximum Gasteiger partial charge on any atom is 0.0961 e. The maximum absolute atomic E-state index is 5.56. The molecule has 3 heteroatoms. The predicted octanol–water partition coefficient (Wildman–Crippen LogP) is 3.19. The van der Waals surface area contributed by atoms with Crippen molar-refractivity contribution in [2.45, 2.75) is 31.7 Å². The second-order valence-electron chi connectivity index (χ2n) is 3.42. The number of anilines is 1. The standard InChI is InChI=1S/C11H18N2S/c1-3-9(4-2)8-14-11-6-5-10(12)7-13-11/h5-7,9H,3-4,8,12H2,1-2H3. The van der Waals surface area contributed by atoms with Crippen molar-refractivity contribution < 1.29 is 0 Å². The summed E-state index contributed by atoms with van der Waals surface area (Å²) in [5.74, 6) is 1.96. The third kappa shape index (κ3) is 3.58. The fourth-order valence-electron chi connectivity index (χ4n) is 1.20. The number of hydrogen-bond acceptors (Lipinski definition) is 3. The van der Waals surface area contributed by atoms with Gasteiger partial charge in [-0.1, -0.05) is 26.7 Å². The Morgan fingerprint density at radius 1 is 1.36 bits per heavy atom. The smallest absolute Gasteiger partial charge is 0.0961 e. The van der Waals surface area contributed by atoms with Crippen LogP contribution in [0.25, 0.3) is 0 Å². The molecule has 0 spiro atoms. The molecule has 0 bridgehead atoms. The van der Waals surface area contributed by atoms with Crippen molar-refractivity contribution >= 4 is 17.4 Å². The molecular weight excluding hydrogens is 192 g/mol. The zero-order valence-electron chi connectivity index (χ0n) is 8.86. The van der Waals surface area contributed by atoms with Gasteiger partial charge in [-0.25, -0.2) is 4.98 Å². The van der Waals surface area contributed by atoms with E-state index in [0.717, 1.165) is 22.4 Å². The normalized spacial score (nSPS) is 10.8. The molecule has 0 aromatic carbocycles. The summed E-state index contributed by atoms with van der Waals surface area (Å²) in [6.07, 6.45) is 4.21. The quantitative estimate of drug-likeness (QED) is 0.759. The molecule has 1 rings (SSSR count). The van der Waals surface area contributed by atoms with Gasteiger partial charge >= 0.3 is 0 Å². The van der Waals surface area contributed by atoms with E-state index in [1.165, 1.54) is 12.8 Å². The Kier molecular flexibility index (Phi) is 4.80. The lowest BCUT2D eigenvalue weighted by molar-refractivity contribution is 0.553. The van der Waals surface area contributed by atoms with Gasteiger partial charge in [-0.15, -0.1) is 11.8 Å². The molecule has 0 fully saturated rings. The van der Waals surface area contributed by atoms with E-state index in [9.17, 15) is 0 Å². The number of aromatic nitrogens is 1. The van der Waals surface area contributed by atoms with Gasteiger partial charge in [0.1, 0.15) is 0 Å². The Hall–Kier alpha value is -0.700. The first kappa shape index (κ1) is 11.4. The highest BCUT2D eigenvalue weighted by Gasteiger charge is 2.04. The van der Waals surface area contributed by atoms with Crippen molar-refractivity contribution in [3.05, 3.63) is 18.3 Å². The van der Waals surface area contributed by atoms with Crippen molar-refractivity contribution in [2.75, 3.05) is 11.5 Å². The van der Waals surface area contributed by atoms with Crippen LogP contribution in [0.3, 0.4) is 0 Å². The minimum Gasteiger partial charge on any atom is -0.397 e. The van der Waals surface area contributed by atoms with Crippen molar-refractivity contribution in [3.8, 4) is 0 Å². The molecule has 2 N–H and O–H groups in total. The molecule has 0 saturated heterocycles. The van der Waals surface area contributed by atoms with Gasteiger partial charge in [0.25, 0.3) is 0 Å². The van der Waals surface area contributed by atoms with Crippen LogP contribution in [-0.4, -0.2) is 10.7 Å². The number of nitrogen functional groups attached to an aromatic ring is 1. The van der Waals surface area contributed by atoms with Gasteiger partial charge in [0.15, 0.2) is 0 Å². The van der Waals surface area contributed by atoms with Crippen LogP contribution in [0.2, 0.25) is 0 Å². The monoisotopic (exact) mass is 210 g/mol. The summed E-state index contributed by atoms with van der Waals surface area (Å²) in [6, 6.07) is 3.89. The lowest BCUT2D eigenvalue weighted by atomic mass is 10.1. The highest BCUT2D eigenvalue weighted by atomic mass is 32.2. The largest absolute Gasteiger partial charge is 0.397 e. The van der Waals surface area contributed by atoms with E-state index in [0.29, 0.717) is 0 Å². The van der Waals surface area contributed by atoms with Gasteiger partial charge in [0.2, 0.25) is 0 Å². The summed E-state index contributed by atoms with van der Waals surface area (Å²) in [6.45, 7) is 4.48. The first-order valence-corrected chi connectivity index (χ1v) is 6.09. The highest BCUT2D eigenvalue weighted by molar-refractivity contribution is 7.99. The number of hydrogen-bond donors (Lipinski definition) is 1. The second-order valence-corrected chi connectivity index (χ2v) is 4.46. The average Bonchev–Trinajstić information content (AvgIpc) is 2.22. The molecule has 2 nitrogen and oxygen atoms in total. The minimum atomic E-state index is 0.733. The van der Waals surface area contributed by atoms with Gasteiger partial charge < -0.3 is 5.73 Å². The van der Waals surface area contributed by atoms with E-state index in [1.54, 1.807) is 6.20 Å². The molecule has 1 heterocycles. The van der Waals surface area contributed by atoms with Gasteiger partial charge in [0.05, 0.1) is 16.9 Å². The van der Waals surface area contributed by atoms with Gasteiger partial charge in [-0.05, 0) is 18.1 Å². The highest BCUT2D eigenvalue weighted by Crippen LogP contribution is 2.22. The Balaban J connectivity index is 2.41.